The Morgan fingerprint density at radius 3 is 2.33 bits per heavy atom. The maximum absolute atomic E-state index is 12.9. The Labute approximate surface area is 124 Å². The van der Waals surface area contributed by atoms with Crippen LogP contribution in [0.3, 0.4) is 0 Å². The van der Waals surface area contributed by atoms with Gasteiger partial charge in [-0.15, -0.1) is 0 Å². The molecule has 0 bridgehead atoms. The SMILES string of the molecule is Cc1ccc(S(=O)(=O)n2c(C)c(C)c3[c]cccc32)cc1. The normalized spacial score (nSPS) is 12.0. The molecule has 2 aromatic carbocycles. The van der Waals surface area contributed by atoms with Crippen molar-refractivity contribution in [1.82, 2.24) is 3.97 Å². The van der Waals surface area contributed by atoms with E-state index in [-0.39, 0.29) is 0 Å². The topological polar surface area (TPSA) is 39.1 Å². The summed E-state index contributed by atoms with van der Waals surface area (Å²) in [5.41, 5.74) is 3.38. The second kappa shape index (κ2) is 4.74. The van der Waals surface area contributed by atoms with Gasteiger partial charge < -0.3 is 0 Å². The van der Waals surface area contributed by atoms with E-state index in [1.54, 1.807) is 18.2 Å². The molecule has 0 saturated carbocycles. The summed E-state index contributed by atoms with van der Waals surface area (Å²) in [7, 11) is -3.60. The summed E-state index contributed by atoms with van der Waals surface area (Å²) in [6.45, 7) is 5.69. The van der Waals surface area contributed by atoms with Gasteiger partial charge in [0.25, 0.3) is 10.0 Å². The lowest BCUT2D eigenvalue weighted by molar-refractivity contribution is 0.588. The van der Waals surface area contributed by atoms with Crippen LogP contribution >= 0.6 is 0 Å². The van der Waals surface area contributed by atoms with Crippen molar-refractivity contribution in [2.75, 3.05) is 0 Å². The minimum atomic E-state index is -3.60. The molecular weight excluding hydrogens is 282 g/mol. The minimum Gasteiger partial charge on any atom is -0.238 e. The first-order chi connectivity index (χ1) is 9.93. The van der Waals surface area contributed by atoms with Crippen LogP contribution in [0, 0.1) is 26.8 Å². The van der Waals surface area contributed by atoms with E-state index in [4.69, 9.17) is 0 Å². The second-order valence-corrected chi connectivity index (χ2v) is 7.01. The molecule has 3 aromatic rings. The van der Waals surface area contributed by atoms with Gasteiger partial charge in [0, 0.05) is 11.1 Å². The van der Waals surface area contributed by atoms with Gasteiger partial charge in [0.2, 0.25) is 0 Å². The number of aryl methyl sites for hydroxylation is 2. The standard InChI is InChI=1S/C17H16NO2S/c1-12-8-10-15(11-9-12)21(19,20)18-14(3)13(2)16-6-4-5-7-17(16)18/h4-5,7-11H,1-3H3. The first-order valence-electron chi connectivity index (χ1n) is 6.73. The largest absolute Gasteiger partial charge is 0.268 e. The zero-order valence-electron chi connectivity index (χ0n) is 12.2. The van der Waals surface area contributed by atoms with Crippen LogP contribution in [0.15, 0.2) is 47.4 Å². The summed E-state index contributed by atoms with van der Waals surface area (Å²) < 4.78 is 27.3. The molecule has 0 spiro atoms. The van der Waals surface area contributed by atoms with E-state index in [1.165, 1.54) is 3.97 Å². The number of hydrogen-bond acceptors (Lipinski definition) is 2. The monoisotopic (exact) mass is 298 g/mol. The summed E-state index contributed by atoms with van der Waals surface area (Å²) in [6, 6.07) is 15.5. The summed E-state index contributed by atoms with van der Waals surface area (Å²) in [5.74, 6) is 0. The van der Waals surface area contributed by atoms with Crippen molar-refractivity contribution in [2.24, 2.45) is 0 Å². The van der Waals surface area contributed by atoms with Gasteiger partial charge in [-0.25, -0.2) is 12.4 Å². The number of aromatic nitrogens is 1. The van der Waals surface area contributed by atoms with Gasteiger partial charge in [-0.1, -0.05) is 29.8 Å². The molecule has 0 aliphatic heterocycles. The van der Waals surface area contributed by atoms with Crippen molar-refractivity contribution in [2.45, 2.75) is 25.7 Å². The Morgan fingerprint density at radius 1 is 1.00 bits per heavy atom. The van der Waals surface area contributed by atoms with Crippen LogP contribution < -0.4 is 0 Å². The molecule has 3 rings (SSSR count). The van der Waals surface area contributed by atoms with Gasteiger partial charge in [-0.3, -0.25) is 0 Å². The van der Waals surface area contributed by atoms with Crippen LogP contribution in [0.2, 0.25) is 0 Å². The van der Waals surface area contributed by atoms with Crippen LogP contribution in [-0.4, -0.2) is 12.4 Å². The summed E-state index contributed by atoms with van der Waals surface area (Å²) in [6.07, 6.45) is 0. The van der Waals surface area contributed by atoms with Crippen LogP contribution in [0.5, 0.6) is 0 Å². The number of hydrogen-bond donors (Lipinski definition) is 0. The Balaban J connectivity index is 2.34. The second-order valence-electron chi connectivity index (χ2n) is 5.22. The van der Waals surface area contributed by atoms with Gasteiger partial charge in [-0.05, 0) is 50.6 Å². The average molecular weight is 298 g/mol. The maximum atomic E-state index is 12.9. The van der Waals surface area contributed by atoms with Gasteiger partial charge in [0.1, 0.15) is 0 Å². The maximum Gasteiger partial charge on any atom is 0.268 e. The van der Waals surface area contributed by atoms with Crippen LogP contribution in [0.4, 0.5) is 0 Å². The lowest BCUT2D eigenvalue weighted by atomic mass is 10.2. The predicted molar refractivity (Wildman–Crippen MR) is 84.0 cm³/mol. The zero-order valence-corrected chi connectivity index (χ0v) is 13.0. The van der Waals surface area contributed by atoms with Crippen molar-refractivity contribution < 1.29 is 8.42 Å². The van der Waals surface area contributed by atoms with Gasteiger partial charge in [-0.2, -0.15) is 0 Å². The Morgan fingerprint density at radius 2 is 1.67 bits per heavy atom. The minimum absolute atomic E-state index is 0.303. The first kappa shape index (κ1) is 13.9. The van der Waals surface area contributed by atoms with Crippen molar-refractivity contribution in [3.05, 3.63) is 65.4 Å². The summed E-state index contributed by atoms with van der Waals surface area (Å²) in [5, 5.41) is 0.852. The first-order valence-corrected chi connectivity index (χ1v) is 8.17. The molecule has 1 radical (unpaired) electrons. The molecule has 0 saturated heterocycles. The lowest BCUT2D eigenvalue weighted by Crippen LogP contribution is -2.14. The van der Waals surface area contributed by atoms with E-state index in [2.05, 4.69) is 6.07 Å². The highest BCUT2D eigenvalue weighted by Crippen LogP contribution is 2.28. The fourth-order valence-corrected chi connectivity index (χ4v) is 4.14. The highest BCUT2D eigenvalue weighted by Gasteiger charge is 2.23. The van der Waals surface area contributed by atoms with Gasteiger partial charge in [0.15, 0.2) is 0 Å². The molecule has 0 unspecified atom stereocenters. The highest BCUT2D eigenvalue weighted by atomic mass is 32.2. The van der Waals surface area contributed by atoms with Crippen LogP contribution in [0.25, 0.3) is 10.9 Å². The van der Waals surface area contributed by atoms with Crippen LogP contribution in [-0.2, 0) is 10.0 Å². The van der Waals surface area contributed by atoms with Crippen LogP contribution in [0.1, 0.15) is 16.8 Å². The molecule has 0 aliphatic carbocycles. The number of nitrogens with zero attached hydrogens (tertiary/aromatic N) is 1. The number of fused-ring (bicyclic) bond motifs is 1. The molecule has 1 aromatic heterocycles. The quantitative estimate of drug-likeness (QED) is 0.725. The highest BCUT2D eigenvalue weighted by molar-refractivity contribution is 7.90. The van der Waals surface area contributed by atoms with Gasteiger partial charge in [0.05, 0.1) is 10.4 Å². The molecule has 107 valence electrons. The molecule has 0 aliphatic rings. The predicted octanol–water partition coefficient (Wildman–Crippen LogP) is 3.60. The number of rotatable bonds is 2. The molecule has 4 heteroatoms. The molecule has 1 heterocycles. The Bertz CT molecular complexity index is 919. The van der Waals surface area contributed by atoms with Crippen molar-refractivity contribution >= 4 is 20.9 Å². The van der Waals surface area contributed by atoms with E-state index in [0.29, 0.717) is 10.4 Å². The Hall–Kier alpha value is -2.07. The molecule has 0 atom stereocenters. The lowest BCUT2D eigenvalue weighted by Gasteiger charge is -2.10. The zero-order chi connectivity index (χ0) is 15.2. The summed E-state index contributed by atoms with van der Waals surface area (Å²) in [4.78, 5) is 0.303. The smallest absolute Gasteiger partial charge is 0.238 e. The molecule has 0 amide bonds. The van der Waals surface area contributed by atoms with Gasteiger partial charge >= 0.3 is 0 Å². The van der Waals surface area contributed by atoms with Crippen molar-refractivity contribution in [3.63, 3.8) is 0 Å². The molecule has 0 N–H and O–H groups in total. The fourth-order valence-electron chi connectivity index (χ4n) is 2.54. The van der Waals surface area contributed by atoms with Crippen molar-refractivity contribution in [1.29, 1.82) is 0 Å². The van der Waals surface area contributed by atoms with E-state index in [1.807, 2.05) is 45.0 Å². The van der Waals surface area contributed by atoms with E-state index >= 15 is 0 Å². The fraction of sp³-hybridized carbons (Fsp3) is 0.176. The third kappa shape index (κ3) is 2.07. The molecule has 21 heavy (non-hydrogen) atoms. The number of benzene rings is 2. The molecular formula is C17H16NO2S. The molecule has 3 nitrogen and oxygen atoms in total. The third-order valence-electron chi connectivity index (χ3n) is 3.83. The average Bonchev–Trinajstić information content (AvgIpc) is 2.72. The molecule has 0 fully saturated rings. The summed E-state index contributed by atoms with van der Waals surface area (Å²) >= 11 is 0. The van der Waals surface area contributed by atoms with Crippen molar-refractivity contribution in [3.8, 4) is 0 Å². The van der Waals surface area contributed by atoms with E-state index in [0.717, 1.165) is 22.2 Å². The third-order valence-corrected chi connectivity index (χ3v) is 5.65. The Kier molecular flexibility index (Phi) is 3.14. The van der Waals surface area contributed by atoms with E-state index in [9.17, 15) is 8.42 Å². The van der Waals surface area contributed by atoms with E-state index < -0.39 is 10.0 Å².